The molecular weight excluding hydrogens is 246 g/mol. The fourth-order valence-corrected chi connectivity index (χ4v) is 1.95. The van der Waals surface area contributed by atoms with Crippen LogP contribution in [0.3, 0.4) is 0 Å². The van der Waals surface area contributed by atoms with Gasteiger partial charge >= 0.3 is 0 Å². The standard InChI is InChI=1S/C14H17NO4/c1-9-7-12(10(2)19-9)13(16)3-5-15-14(17)11-4-6-18-8-11/h4,6-8,13,16H,3,5H2,1-2H3,(H,15,17). The maximum Gasteiger partial charge on any atom is 0.254 e. The number of hydrogen-bond acceptors (Lipinski definition) is 4. The monoisotopic (exact) mass is 263 g/mol. The van der Waals surface area contributed by atoms with Gasteiger partial charge in [0.25, 0.3) is 5.91 Å². The Labute approximate surface area is 111 Å². The van der Waals surface area contributed by atoms with Crippen molar-refractivity contribution in [3.05, 3.63) is 47.3 Å². The molecule has 1 amide bonds. The van der Waals surface area contributed by atoms with E-state index in [4.69, 9.17) is 8.83 Å². The zero-order valence-corrected chi connectivity index (χ0v) is 11.0. The maximum atomic E-state index is 11.6. The van der Waals surface area contributed by atoms with Crippen molar-refractivity contribution in [2.45, 2.75) is 26.4 Å². The second-order valence-corrected chi connectivity index (χ2v) is 4.44. The van der Waals surface area contributed by atoms with E-state index in [1.54, 1.807) is 6.07 Å². The summed E-state index contributed by atoms with van der Waals surface area (Å²) in [6, 6.07) is 3.41. The van der Waals surface area contributed by atoms with Gasteiger partial charge < -0.3 is 19.3 Å². The molecule has 0 bridgehead atoms. The number of aryl methyl sites for hydroxylation is 2. The Morgan fingerprint density at radius 1 is 1.47 bits per heavy atom. The second kappa shape index (κ2) is 5.75. The zero-order valence-electron chi connectivity index (χ0n) is 11.0. The molecule has 1 unspecified atom stereocenters. The third-order valence-electron chi connectivity index (χ3n) is 2.93. The average Bonchev–Trinajstić information content (AvgIpc) is 2.98. The van der Waals surface area contributed by atoms with Gasteiger partial charge in [0.15, 0.2) is 0 Å². The third-order valence-corrected chi connectivity index (χ3v) is 2.93. The predicted octanol–water partition coefficient (Wildman–Crippen LogP) is 2.34. The van der Waals surface area contributed by atoms with Crippen LogP contribution in [0.15, 0.2) is 33.5 Å². The summed E-state index contributed by atoms with van der Waals surface area (Å²) in [6.07, 6.45) is 2.63. The number of aliphatic hydroxyl groups excluding tert-OH is 1. The first-order valence-electron chi connectivity index (χ1n) is 6.13. The number of furan rings is 2. The Hall–Kier alpha value is -2.01. The van der Waals surface area contributed by atoms with E-state index in [-0.39, 0.29) is 5.91 Å². The lowest BCUT2D eigenvalue weighted by Gasteiger charge is -2.10. The highest BCUT2D eigenvalue weighted by Crippen LogP contribution is 2.23. The van der Waals surface area contributed by atoms with E-state index < -0.39 is 6.10 Å². The molecule has 0 spiro atoms. The van der Waals surface area contributed by atoms with Crippen LogP contribution in [0.1, 0.15) is 40.0 Å². The fraction of sp³-hybridized carbons (Fsp3) is 0.357. The molecule has 5 heteroatoms. The maximum absolute atomic E-state index is 11.6. The van der Waals surface area contributed by atoms with Gasteiger partial charge in [-0.3, -0.25) is 4.79 Å². The summed E-state index contributed by atoms with van der Waals surface area (Å²) in [6.45, 7) is 4.04. The van der Waals surface area contributed by atoms with Crippen LogP contribution >= 0.6 is 0 Å². The van der Waals surface area contributed by atoms with Crippen LogP contribution in [-0.2, 0) is 0 Å². The molecule has 0 radical (unpaired) electrons. The Morgan fingerprint density at radius 2 is 2.26 bits per heavy atom. The summed E-state index contributed by atoms with van der Waals surface area (Å²) in [5.74, 6) is 1.28. The van der Waals surface area contributed by atoms with Crippen LogP contribution in [0, 0.1) is 13.8 Å². The molecule has 2 N–H and O–H groups in total. The second-order valence-electron chi connectivity index (χ2n) is 4.44. The van der Waals surface area contributed by atoms with E-state index in [1.165, 1.54) is 12.5 Å². The highest BCUT2D eigenvalue weighted by Gasteiger charge is 2.15. The van der Waals surface area contributed by atoms with Crippen molar-refractivity contribution in [2.24, 2.45) is 0 Å². The highest BCUT2D eigenvalue weighted by atomic mass is 16.3. The molecule has 19 heavy (non-hydrogen) atoms. The molecule has 0 aromatic carbocycles. The molecule has 0 saturated carbocycles. The van der Waals surface area contributed by atoms with Gasteiger partial charge in [-0.05, 0) is 32.4 Å². The Balaban J connectivity index is 1.83. The summed E-state index contributed by atoms with van der Waals surface area (Å²) < 4.78 is 10.2. The molecular formula is C14H17NO4. The van der Waals surface area contributed by atoms with E-state index in [0.717, 1.165) is 11.3 Å². The van der Waals surface area contributed by atoms with Crippen molar-refractivity contribution < 1.29 is 18.7 Å². The molecule has 0 saturated heterocycles. The Morgan fingerprint density at radius 3 is 2.84 bits per heavy atom. The largest absolute Gasteiger partial charge is 0.472 e. The van der Waals surface area contributed by atoms with Crippen molar-refractivity contribution in [1.29, 1.82) is 0 Å². The van der Waals surface area contributed by atoms with Crippen LogP contribution in [0.4, 0.5) is 0 Å². The van der Waals surface area contributed by atoms with Crippen molar-refractivity contribution in [2.75, 3.05) is 6.54 Å². The minimum Gasteiger partial charge on any atom is -0.472 e. The van der Waals surface area contributed by atoms with E-state index in [2.05, 4.69) is 5.32 Å². The number of carbonyl (C=O) groups is 1. The van der Waals surface area contributed by atoms with Gasteiger partial charge in [0.05, 0.1) is 17.9 Å². The Bertz CT molecular complexity index is 542. The first kappa shape index (κ1) is 13.4. The number of aliphatic hydroxyl groups is 1. The summed E-state index contributed by atoms with van der Waals surface area (Å²) in [4.78, 5) is 11.6. The number of carbonyl (C=O) groups excluding carboxylic acids is 1. The van der Waals surface area contributed by atoms with Crippen LogP contribution in [-0.4, -0.2) is 17.6 Å². The average molecular weight is 263 g/mol. The quantitative estimate of drug-likeness (QED) is 0.868. The molecule has 0 aliphatic carbocycles. The minimum absolute atomic E-state index is 0.207. The van der Waals surface area contributed by atoms with Crippen molar-refractivity contribution in [1.82, 2.24) is 5.32 Å². The molecule has 102 valence electrons. The van der Waals surface area contributed by atoms with Crippen molar-refractivity contribution in [3.63, 3.8) is 0 Å². The summed E-state index contributed by atoms with van der Waals surface area (Å²) in [7, 11) is 0. The molecule has 2 rings (SSSR count). The lowest BCUT2D eigenvalue weighted by molar-refractivity contribution is 0.0942. The molecule has 0 aliphatic rings. The number of nitrogens with one attached hydrogen (secondary N) is 1. The lowest BCUT2D eigenvalue weighted by Crippen LogP contribution is -2.25. The van der Waals surface area contributed by atoms with Gasteiger partial charge in [-0.2, -0.15) is 0 Å². The molecule has 0 fully saturated rings. The van der Waals surface area contributed by atoms with Crippen LogP contribution in [0.25, 0.3) is 0 Å². The summed E-state index contributed by atoms with van der Waals surface area (Å²) >= 11 is 0. The normalized spacial score (nSPS) is 12.4. The Kier molecular flexibility index (Phi) is 4.06. The summed E-state index contributed by atoms with van der Waals surface area (Å²) in [5.41, 5.74) is 1.25. The zero-order chi connectivity index (χ0) is 13.8. The molecule has 2 aromatic heterocycles. The first-order valence-corrected chi connectivity index (χ1v) is 6.13. The van der Waals surface area contributed by atoms with Gasteiger partial charge in [-0.25, -0.2) is 0 Å². The number of amides is 1. The van der Waals surface area contributed by atoms with Crippen LogP contribution < -0.4 is 5.32 Å². The summed E-state index contributed by atoms with van der Waals surface area (Å²) in [5, 5.41) is 12.8. The number of rotatable bonds is 5. The smallest absolute Gasteiger partial charge is 0.254 e. The van der Waals surface area contributed by atoms with Gasteiger partial charge in [-0.15, -0.1) is 0 Å². The van der Waals surface area contributed by atoms with Gasteiger partial charge in [0.1, 0.15) is 17.8 Å². The van der Waals surface area contributed by atoms with E-state index in [9.17, 15) is 9.90 Å². The first-order chi connectivity index (χ1) is 9.08. The van der Waals surface area contributed by atoms with Crippen molar-refractivity contribution in [3.8, 4) is 0 Å². The van der Waals surface area contributed by atoms with E-state index in [1.807, 2.05) is 19.9 Å². The molecule has 1 atom stereocenters. The van der Waals surface area contributed by atoms with Gasteiger partial charge in [-0.1, -0.05) is 0 Å². The minimum atomic E-state index is -0.637. The molecule has 5 nitrogen and oxygen atoms in total. The predicted molar refractivity (Wildman–Crippen MR) is 68.8 cm³/mol. The molecule has 0 aliphatic heterocycles. The molecule has 2 heterocycles. The van der Waals surface area contributed by atoms with Crippen molar-refractivity contribution >= 4 is 5.91 Å². The highest BCUT2D eigenvalue weighted by molar-refractivity contribution is 5.93. The lowest BCUT2D eigenvalue weighted by atomic mass is 10.1. The van der Waals surface area contributed by atoms with Crippen LogP contribution in [0.2, 0.25) is 0 Å². The van der Waals surface area contributed by atoms with Gasteiger partial charge in [0, 0.05) is 12.1 Å². The van der Waals surface area contributed by atoms with E-state index >= 15 is 0 Å². The van der Waals surface area contributed by atoms with Gasteiger partial charge in [0.2, 0.25) is 0 Å². The molecule has 2 aromatic rings. The third kappa shape index (κ3) is 3.26. The number of hydrogen-bond donors (Lipinski definition) is 2. The van der Waals surface area contributed by atoms with Crippen LogP contribution in [0.5, 0.6) is 0 Å². The fourth-order valence-electron chi connectivity index (χ4n) is 1.95. The topological polar surface area (TPSA) is 75.6 Å². The SMILES string of the molecule is Cc1cc(C(O)CCNC(=O)c2ccoc2)c(C)o1. The van der Waals surface area contributed by atoms with E-state index in [0.29, 0.717) is 24.3 Å².